The second-order valence-electron chi connectivity index (χ2n) is 4.40. The van der Waals surface area contributed by atoms with Gasteiger partial charge in [0.15, 0.2) is 3.92 Å². The van der Waals surface area contributed by atoms with Crippen LogP contribution in [0.25, 0.3) is 10.2 Å². The van der Waals surface area contributed by atoms with Crippen LogP contribution in [0, 0.1) is 0 Å². The summed E-state index contributed by atoms with van der Waals surface area (Å²) in [6, 6.07) is 6.49. The summed E-state index contributed by atoms with van der Waals surface area (Å²) in [4.78, 5) is 4.37. The lowest BCUT2D eigenvalue weighted by Crippen LogP contribution is -2.10. The molecule has 0 spiro atoms. The molecule has 3 heteroatoms. The summed E-state index contributed by atoms with van der Waals surface area (Å²) < 4.78 is 2.21. The fraction of sp³-hybridized carbons (Fsp3) is 0.364. The number of rotatable bonds is 0. The number of nitrogens with zero attached hydrogens (tertiary/aromatic N) is 1. The Morgan fingerprint density at radius 2 is 2.00 bits per heavy atom. The molecule has 1 heterocycles. The maximum atomic E-state index is 4.37. The number of thiazole rings is 1. The molecular weight excluding hydrogens is 258 g/mol. The molecule has 0 aliphatic heterocycles. The SMILES string of the molecule is CC(C)(C)c1ccc2nc(Br)sc2c1. The Hall–Kier alpha value is -0.410. The smallest absolute Gasteiger partial charge is 0.160 e. The van der Waals surface area contributed by atoms with Crippen LogP contribution in [0.3, 0.4) is 0 Å². The van der Waals surface area contributed by atoms with Gasteiger partial charge in [0.1, 0.15) is 0 Å². The highest BCUT2D eigenvalue weighted by Gasteiger charge is 2.14. The predicted octanol–water partition coefficient (Wildman–Crippen LogP) is 4.36. The minimum absolute atomic E-state index is 0.213. The van der Waals surface area contributed by atoms with Gasteiger partial charge in [-0.3, -0.25) is 0 Å². The fourth-order valence-corrected chi connectivity index (χ4v) is 2.81. The number of aromatic nitrogens is 1. The van der Waals surface area contributed by atoms with E-state index < -0.39 is 0 Å². The monoisotopic (exact) mass is 269 g/mol. The largest absolute Gasteiger partial charge is 0.229 e. The Labute approximate surface area is 96.3 Å². The van der Waals surface area contributed by atoms with E-state index in [0.717, 1.165) is 9.43 Å². The van der Waals surface area contributed by atoms with Crippen LogP contribution in [0.2, 0.25) is 0 Å². The number of halogens is 1. The van der Waals surface area contributed by atoms with Crippen LogP contribution in [-0.2, 0) is 5.41 Å². The Kier molecular flexibility index (Phi) is 2.40. The van der Waals surface area contributed by atoms with Gasteiger partial charge in [0.05, 0.1) is 10.2 Å². The zero-order valence-corrected chi connectivity index (χ0v) is 10.9. The third-order valence-electron chi connectivity index (χ3n) is 2.23. The van der Waals surface area contributed by atoms with Gasteiger partial charge in [-0.15, -0.1) is 11.3 Å². The van der Waals surface area contributed by atoms with Gasteiger partial charge in [0, 0.05) is 0 Å². The molecule has 0 unspecified atom stereocenters. The van der Waals surface area contributed by atoms with Crippen molar-refractivity contribution in [1.29, 1.82) is 0 Å². The van der Waals surface area contributed by atoms with Crippen molar-refractivity contribution in [2.24, 2.45) is 0 Å². The molecular formula is C11H12BrNS. The number of benzene rings is 1. The van der Waals surface area contributed by atoms with E-state index in [2.05, 4.69) is 59.9 Å². The van der Waals surface area contributed by atoms with Crippen LogP contribution < -0.4 is 0 Å². The van der Waals surface area contributed by atoms with Crippen LogP contribution >= 0.6 is 27.3 Å². The molecule has 14 heavy (non-hydrogen) atoms. The van der Waals surface area contributed by atoms with E-state index in [0.29, 0.717) is 0 Å². The van der Waals surface area contributed by atoms with Crippen molar-refractivity contribution >= 4 is 37.5 Å². The summed E-state index contributed by atoms with van der Waals surface area (Å²) in [5.74, 6) is 0. The molecule has 2 rings (SSSR count). The quantitative estimate of drug-likeness (QED) is 0.693. The molecule has 1 aromatic heterocycles. The first kappa shape index (κ1) is 10.1. The summed E-state index contributed by atoms with van der Waals surface area (Å²) >= 11 is 5.09. The minimum Gasteiger partial charge on any atom is -0.229 e. The predicted molar refractivity (Wildman–Crippen MR) is 66.0 cm³/mol. The van der Waals surface area contributed by atoms with Gasteiger partial charge < -0.3 is 0 Å². The summed E-state index contributed by atoms with van der Waals surface area (Å²) in [6.07, 6.45) is 0. The first-order valence-corrected chi connectivity index (χ1v) is 6.14. The average molecular weight is 270 g/mol. The van der Waals surface area contributed by atoms with Gasteiger partial charge in [0.2, 0.25) is 0 Å². The van der Waals surface area contributed by atoms with Gasteiger partial charge in [-0.05, 0) is 39.0 Å². The second kappa shape index (κ2) is 3.31. The maximum Gasteiger partial charge on any atom is 0.160 e. The van der Waals surface area contributed by atoms with Crippen molar-refractivity contribution in [3.63, 3.8) is 0 Å². The van der Waals surface area contributed by atoms with Crippen LogP contribution in [0.1, 0.15) is 26.3 Å². The molecule has 0 saturated heterocycles. The zero-order valence-electron chi connectivity index (χ0n) is 8.47. The van der Waals surface area contributed by atoms with Crippen molar-refractivity contribution in [3.05, 3.63) is 27.7 Å². The summed E-state index contributed by atoms with van der Waals surface area (Å²) in [6.45, 7) is 6.68. The van der Waals surface area contributed by atoms with Gasteiger partial charge in [-0.25, -0.2) is 4.98 Å². The molecule has 0 fully saturated rings. The van der Waals surface area contributed by atoms with E-state index >= 15 is 0 Å². The molecule has 1 aromatic carbocycles. The molecule has 2 aromatic rings. The van der Waals surface area contributed by atoms with E-state index in [-0.39, 0.29) is 5.41 Å². The summed E-state index contributed by atoms with van der Waals surface area (Å²) in [5, 5.41) is 0. The normalized spacial score (nSPS) is 12.3. The van der Waals surface area contributed by atoms with Crippen molar-refractivity contribution in [2.75, 3.05) is 0 Å². The first-order chi connectivity index (χ1) is 6.47. The molecule has 0 atom stereocenters. The lowest BCUT2D eigenvalue weighted by Gasteiger charge is -2.18. The Balaban J connectivity index is 2.62. The number of fused-ring (bicyclic) bond motifs is 1. The Bertz CT molecular complexity index is 468. The molecule has 0 amide bonds. The summed E-state index contributed by atoms with van der Waals surface area (Å²) in [5.41, 5.74) is 2.65. The van der Waals surface area contributed by atoms with Gasteiger partial charge in [-0.1, -0.05) is 26.8 Å². The molecule has 0 N–H and O–H groups in total. The highest BCUT2D eigenvalue weighted by molar-refractivity contribution is 9.11. The lowest BCUT2D eigenvalue weighted by atomic mass is 9.87. The second-order valence-corrected chi connectivity index (χ2v) is 6.71. The lowest BCUT2D eigenvalue weighted by molar-refractivity contribution is 0.591. The maximum absolute atomic E-state index is 4.37. The van der Waals surface area contributed by atoms with Crippen LogP contribution in [0.4, 0.5) is 0 Å². The van der Waals surface area contributed by atoms with Crippen LogP contribution in [-0.4, -0.2) is 4.98 Å². The van der Waals surface area contributed by atoms with Crippen molar-refractivity contribution in [1.82, 2.24) is 4.98 Å². The molecule has 0 radical (unpaired) electrons. The van der Waals surface area contributed by atoms with Crippen molar-refractivity contribution in [3.8, 4) is 0 Å². The first-order valence-electron chi connectivity index (χ1n) is 4.53. The van der Waals surface area contributed by atoms with Gasteiger partial charge in [-0.2, -0.15) is 0 Å². The minimum atomic E-state index is 0.213. The number of hydrogen-bond acceptors (Lipinski definition) is 2. The van der Waals surface area contributed by atoms with Crippen molar-refractivity contribution in [2.45, 2.75) is 26.2 Å². The third-order valence-corrected chi connectivity index (χ3v) is 3.70. The average Bonchev–Trinajstić information content (AvgIpc) is 2.41. The number of hydrogen-bond donors (Lipinski definition) is 0. The molecule has 74 valence electrons. The Morgan fingerprint density at radius 3 is 2.64 bits per heavy atom. The molecule has 1 nitrogen and oxygen atoms in total. The van der Waals surface area contributed by atoms with Gasteiger partial charge >= 0.3 is 0 Å². The van der Waals surface area contributed by atoms with Crippen molar-refractivity contribution < 1.29 is 0 Å². The standard InChI is InChI=1S/C11H12BrNS/c1-11(2,3)7-4-5-8-9(6-7)14-10(12)13-8/h4-6H,1-3H3. The van der Waals surface area contributed by atoms with E-state index in [9.17, 15) is 0 Å². The van der Waals surface area contributed by atoms with E-state index in [1.54, 1.807) is 11.3 Å². The topological polar surface area (TPSA) is 12.9 Å². The molecule has 0 saturated carbocycles. The van der Waals surface area contributed by atoms with Gasteiger partial charge in [0.25, 0.3) is 0 Å². The molecule has 0 bridgehead atoms. The highest BCUT2D eigenvalue weighted by Crippen LogP contribution is 2.30. The van der Waals surface area contributed by atoms with Crippen LogP contribution in [0.5, 0.6) is 0 Å². The third kappa shape index (κ3) is 1.84. The van der Waals surface area contributed by atoms with E-state index in [4.69, 9.17) is 0 Å². The summed E-state index contributed by atoms with van der Waals surface area (Å²) in [7, 11) is 0. The van der Waals surface area contributed by atoms with Crippen LogP contribution in [0.15, 0.2) is 22.1 Å². The van der Waals surface area contributed by atoms with E-state index in [1.165, 1.54) is 10.3 Å². The Morgan fingerprint density at radius 1 is 1.29 bits per heavy atom. The van der Waals surface area contributed by atoms with E-state index in [1.807, 2.05) is 0 Å². The molecule has 0 aliphatic carbocycles. The fourth-order valence-electron chi connectivity index (χ4n) is 1.36. The zero-order chi connectivity index (χ0) is 10.3. The highest BCUT2D eigenvalue weighted by atomic mass is 79.9. The molecule has 0 aliphatic rings.